The molecule has 0 aromatic heterocycles. The number of carbonyl (C=O) groups excluding carboxylic acids is 4. The fourth-order valence-corrected chi connectivity index (χ4v) is 4.74. The lowest BCUT2D eigenvalue weighted by atomic mass is 9.96. The molecule has 1 aliphatic carbocycles. The summed E-state index contributed by atoms with van der Waals surface area (Å²) >= 11 is 0. The molecule has 2 aromatic rings. The largest absolute Gasteiger partial charge is 0.449 e. The number of nitrogens with one attached hydrogen (secondary N) is 3. The average Bonchev–Trinajstić information content (AvgIpc) is 3.30. The van der Waals surface area contributed by atoms with Crippen LogP contribution in [0.5, 0.6) is 0 Å². The molecule has 11 heteroatoms. The summed E-state index contributed by atoms with van der Waals surface area (Å²) in [7, 11) is 1.63. The van der Waals surface area contributed by atoms with Crippen LogP contribution in [0, 0.1) is 0 Å². The van der Waals surface area contributed by atoms with Gasteiger partial charge in [0.25, 0.3) is 5.91 Å². The Balaban J connectivity index is 1.74. The summed E-state index contributed by atoms with van der Waals surface area (Å²) in [6, 6.07) is 10.8. The van der Waals surface area contributed by atoms with E-state index in [9.17, 15) is 19.2 Å². The van der Waals surface area contributed by atoms with E-state index < -0.39 is 12.0 Å². The Morgan fingerprint density at radius 2 is 1.78 bits per heavy atom. The van der Waals surface area contributed by atoms with E-state index in [1.165, 1.54) is 0 Å². The van der Waals surface area contributed by atoms with E-state index in [1.54, 1.807) is 31.0 Å². The molecule has 3 rings (SSSR count). The minimum Gasteiger partial charge on any atom is -0.449 e. The molecule has 0 radical (unpaired) electrons. The molecule has 0 spiro atoms. The van der Waals surface area contributed by atoms with Gasteiger partial charge >= 0.3 is 6.09 Å². The zero-order valence-electron chi connectivity index (χ0n) is 24.7. The zero-order valence-corrected chi connectivity index (χ0v) is 23.7. The molecule has 41 heavy (non-hydrogen) atoms. The molecule has 0 heterocycles. The van der Waals surface area contributed by atoms with Crippen LogP contribution in [-0.2, 0) is 23.8 Å². The molecular weight excluding hydrogens is 528 g/mol. The third-order valence-electron chi connectivity index (χ3n) is 6.63. The number of hydrogen-bond donors (Lipinski definition) is 4. The van der Waals surface area contributed by atoms with E-state index in [2.05, 4.69) is 16.0 Å². The van der Waals surface area contributed by atoms with E-state index in [4.69, 9.17) is 15.6 Å². The van der Waals surface area contributed by atoms with Gasteiger partial charge in [-0.1, -0.05) is 25.1 Å². The standard InChI is InChI=1S/C30H40N4O7/c1-3-13-32-26(35)9-5-10-27(36)34-20-11-12-22-24(18-20)25(19-41-30(31)38)21-7-4-8-23(28(21)22)29(37)33-14-17-40-16-6-15-39-2/h4,7-8,11-12,18,25H,3,5-6,9-10,13-17,19H2,1-2H3,(H2,31,38)(H,32,35)(H,33,37)(H,34,36)/i/hD. The van der Waals surface area contributed by atoms with Crippen LogP contribution in [0.2, 0.25) is 1.41 Å². The van der Waals surface area contributed by atoms with Crippen LogP contribution in [0.25, 0.3) is 11.1 Å². The summed E-state index contributed by atoms with van der Waals surface area (Å²) in [5.41, 5.74) is 5.82. The highest BCUT2D eigenvalue weighted by Gasteiger charge is 2.33. The van der Waals surface area contributed by atoms with Crippen LogP contribution in [-0.4, -0.2) is 70.4 Å². The number of fused-ring (bicyclic) bond motifs is 3. The Hall–Kier alpha value is -3.96. The predicted molar refractivity (Wildman–Crippen MR) is 155 cm³/mol. The summed E-state index contributed by atoms with van der Waals surface area (Å²) in [5, 5.41) is 8.58. The van der Waals surface area contributed by atoms with Gasteiger partial charge < -0.3 is 35.9 Å². The molecule has 5 N–H and O–H groups in total. The minimum absolute atomic E-state index is 0.0601. The molecular formula is C30H40N4O7. The van der Waals surface area contributed by atoms with Crippen molar-refractivity contribution < 1.29 is 34.8 Å². The lowest BCUT2D eigenvalue weighted by Gasteiger charge is -2.14. The van der Waals surface area contributed by atoms with E-state index in [0.29, 0.717) is 50.6 Å². The molecule has 0 saturated heterocycles. The van der Waals surface area contributed by atoms with Crippen molar-refractivity contribution >= 4 is 29.5 Å². The SMILES string of the molecule is [2H]NC(=O)OCC1c2cc(NC(=O)CCCC(=O)NCCC)ccc2-c2c(C(=O)NCCOCCCOC)cccc21. The molecule has 0 aliphatic heterocycles. The van der Waals surface area contributed by atoms with Crippen LogP contribution in [0.4, 0.5) is 10.5 Å². The van der Waals surface area contributed by atoms with E-state index >= 15 is 0 Å². The molecule has 2 aromatic carbocycles. The van der Waals surface area contributed by atoms with Gasteiger partial charge in [-0.25, -0.2) is 4.79 Å². The molecule has 222 valence electrons. The van der Waals surface area contributed by atoms with Crippen molar-refractivity contribution in [3.05, 3.63) is 53.1 Å². The first-order valence-corrected chi connectivity index (χ1v) is 13.9. The van der Waals surface area contributed by atoms with Crippen molar-refractivity contribution in [2.75, 3.05) is 51.9 Å². The first kappa shape index (κ1) is 30.0. The van der Waals surface area contributed by atoms with Gasteiger partial charge in [0, 0.05) is 63.4 Å². The number of primary amides is 1. The number of methoxy groups -OCH3 is 1. The predicted octanol–water partition coefficient (Wildman–Crippen LogP) is 3.31. The van der Waals surface area contributed by atoms with Crippen molar-refractivity contribution in [3.8, 4) is 11.1 Å². The Kier molecular flexibility index (Phi) is 12.0. The van der Waals surface area contributed by atoms with Gasteiger partial charge in [-0.2, -0.15) is 0 Å². The summed E-state index contributed by atoms with van der Waals surface area (Å²) in [4.78, 5) is 49.3. The van der Waals surface area contributed by atoms with Gasteiger partial charge in [0.2, 0.25) is 11.8 Å². The Morgan fingerprint density at radius 1 is 0.951 bits per heavy atom. The first-order valence-electron chi connectivity index (χ1n) is 14.4. The van der Waals surface area contributed by atoms with Gasteiger partial charge in [-0.05, 0) is 59.7 Å². The molecule has 1 unspecified atom stereocenters. The first-order chi connectivity index (χ1) is 20.4. The highest BCUT2D eigenvalue weighted by Crippen LogP contribution is 2.47. The monoisotopic (exact) mass is 569 g/mol. The fourth-order valence-electron chi connectivity index (χ4n) is 4.74. The van der Waals surface area contributed by atoms with Crippen LogP contribution in [0.3, 0.4) is 0 Å². The summed E-state index contributed by atoms with van der Waals surface area (Å²) in [6.07, 6.45) is 1.62. The van der Waals surface area contributed by atoms with Gasteiger partial charge in [0.05, 0.1) is 6.61 Å². The van der Waals surface area contributed by atoms with Crippen LogP contribution < -0.4 is 21.7 Å². The van der Waals surface area contributed by atoms with Gasteiger partial charge in [0.15, 0.2) is 1.41 Å². The highest BCUT2D eigenvalue weighted by atomic mass is 16.5. The maximum Gasteiger partial charge on any atom is 0.404 e. The number of anilines is 1. The topological polar surface area (TPSA) is 158 Å². The van der Waals surface area contributed by atoms with Crippen molar-refractivity contribution in [2.45, 2.75) is 44.9 Å². The smallest absolute Gasteiger partial charge is 0.404 e. The second-order valence-corrected chi connectivity index (χ2v) is 9.69. The maximum atomic E-state index is 13.2. The van der Waals surface area contributed by atoms with E-state index in [-0.39, 0.29) is 37.2 Å². The maximum absolute atomic E-state index is 13.2. The summed E-state index contributed by atoms with van der Waals surface area (Å²) in [5.74, 6) is -0.971. The number of benzene rings is 2. The lowest BCUT2D eigenvalue weighted by Crippen LogP contribution is -2.28. The van der Waals surface area contributed by atoms with E-state index in [1.807, 2.05) is 25.1 Å². The van der Waals surface area contributed by atoms with Gasteiger partial charge in [-0.3, -0.25) is 14.4 Å². The Labute approximate surface area is 241 Å². The molecule has 0 bridgehead atoms. The number of carbonyl (C=O) groups is 4. The summed E-state index contributed by atoms with van der Waals surface area (Å²) in [6.45, 7) is 4.39. The number of nitrogens with two attached hydrogens (primary N) is 1. The Bertz CT molecular complexity index is 1240. The van der Waals surface area contributed by atoms with Crippen LogP contribution in [0.15, 0.2) is 36.4 Å². The zero-order chi connectivity index (χ0) is 30.3. The van der Waals surface area contributed by atoms with Crippen molar-refractivity contribution in [1.29, 1.82) is 0 Å². The molecule has 0 fully saturated rings. The highest BCUT2D eigenvalue weighted by molar-refractivity contribution is 6.04. The second-order valence-electron chi connectivity index (χ2n) is 9.69. The molecule has 4 amide bonds. The molecule has 0 saturated carbocycles. The quantitative estimate of drug-likeness (QED) is 0.213. The van der Waals surface area contributed by atoms with Crippen molar-refractivity contribution in [2.24, 2.45) is 5.73 Å². The van der Waals surface area contributed by atoms with Crippen molar-refractivity contribution in [1.82, 2.24) is 10.6 Å². The minimum atomic E-state index is -0.892. The number of ether oxygens (including phenoxy) is 3. The van der Waals surface area contributed by atoms with E-state index in [0.717, 1.165) is 35.1 Å². The fraction of sp³-hybridized carbons (Fsp3) is 0.467. The number of hydrogen-bond acceptors (Lipinski definition) is 7. The third kappa shape index (κ3) is 9.29. The number of amides is 4. The third-order valence-corrected chi connectivity index (χ3v) is 6.63. The van der Waals surface area contributed by atoms with Crippen molar-refractivity contribution in [3.63, 3.8) is 0 Å². The second kappa shape index (κ2) is 16.3. The summed E-state index contributed by atoms with van der Waals surface area (Å²) < 4.78 is 22.8. The molecule has 11 nitrogen and oxygen atoms in total. The van der Waals surface area contributed by atoms with Crippen LogP contribution >= 0.6 is 0 Å². The molecule has 1 atom stereocenters. The van der Waals surface area contributed by atoms with Gasteiger partial charge in [0.1, 0.15) is 6.61 Å². The number of rotatable bonds is 17. The Morgan fingerprint density at radius 3 is 2.56 bits per heavy atom. The lowest BCUT2D eigenvalue weighted by molar-refractivity contribution is -0.121. The normalized spacial score (nSPS) is 13.4. The molecule has 1 aliphatic rings. The van der Waals surface area contributed by atoms with Gasteiger partial charge in [-0.15, -0.1) is 0 Å². The van der Waals surface area contributed by atoms with Crippen LogP contribution in [0.1, 0.15) is 66.4 Å². The average molecular weight is 570 g/mol.